The van der Waals surface area contributed by atoms with E-state index < -0.39 is 5.60 Å². The third-order valence-corrected chi connectivity index (χ3v) is 6.74. The molecule has 0 bridgehead atoms. The highest BCUT2D eigenvalue weighted by Crippen LogP contribution is 2.34. The van der Waals surface area contributed by atoms with Gasteiger partial charge in [-0.1, -0.05) is 31.2 Å². The van der Waals surface area contributed by atoms with Crippen LogP contribution in [0.25, 0.3) is 21.3 Å². The van der Waals surface area contributed by atoms with Crippen LogP contribution in [0.2, 0.25) is 0 Å². The van der Waals surface area contributed by atoms with Crippen molar-refractivity contribution in [1.82, 2.24) is 9.88 Å². The lowest BCUT2D eigenvalue weighted by molar-refractivity contribution is 0.0714. The van der Waals surface area contributed by atoms with Gasteiger partial charge in [0.25, 0.3) is 0 Å². The Morgan fingerprint density at radius 1 is 1.07 bits per heavy atom. The van der Waals surface area contributed by atoms with Gasteiger partial charge >= 0.3 is 0 Å². The van der Waals surface area contributed by atoms with Crippen LogP contribution in [0.1, 0.15) is 32.8 Å². The summed E-state index contributed by atoms with van der Waals surface area (Å²) in [6.07, 6.45) is 1.65. The van der Waals surface area contributed by atoms with Gasteiger partial charge in [-0.15, -0.1) is 11.3 Å². The van der Waals surface area contributed by atoms with Crippen LogP contribution in [-0.4, -0.2) is 53.3 Å². The zero-order chi connectivity index (χ0) is 20.4. The summed E-state index contributed by atoms with van der Waals surface area (Å²) in [7, 11) is 0. The first kappa shape index (κ1) is 20.3. The highest BCUT2D eigenvalue weighted by atomic mass is 32.1. The molecule has 1 N–H and O–H groups in total. The van der Waals surface area contributed by atoms with Crippen molar-refractivity contribution >= 4 is 27.2 Å². The first-order chi connectivity index (χ1) is 13.9. The van der Waals surface area contributed by atoms with Crippen molar-refractivity contribution in [1.29, 1.82) is 0 Å². The third-order valence-electron chi connectivity index (χ3n) is 5.81. The van der Waals surface area contributed by atoms with E-state index >= 15 is 0 Å². The van der Waals surface area contributed by atoms with Crippen molar-refractivity contribution in [3.8, 4) is 11.3 Å². The third kappa shape index (κ3) is 4.80. The largest absolute Gasteiger partial charge is 0.390 e. The van der Waals surface area contributed by atoms with Gasteiger partial charge in [0.05, 0.1) is 16.0 Å². The maximum atomic E-state index is 9.96. The van der Waals surface area contributed by atoms with E-state index in [-0.39, 0.29) is 0 Å². The summed E-state index contributed by atoms with van der Waals surface area (Å²) in [4.78, 5) is 10.1. The van der Waals surface area contributed by atoms with Crippen molar-refractivity contribution in [2.75, 3.05) is 37.6 Å². The van der Waals surface area contributed by atoms with E-state index in [2.05, 4.69) is 58.5 Å². The van der Waals surface area contributed by atoms with Gasteiger partial charge in [-0.05, 0) is 61.7 Å². The van der Waals surface area contributed by atoms with Gasteiger partial charge in [-0.2, -0.15) is 0 Å². The van der Waals surface area contributed by atoms with Gasteiger partial charge in [-0.3, -0.25) is 0 Å². The van der Waals surface area contributed by atoms with Gasteiger partial charge in [0, 0.05) is 31.7 Å². The number of rotatable bonds is 6. The van der Waals surface area contributed by atoms with E-state index in [0.29, 0.717) is 0 Å². The highest BCUT2D eigenvalue weighted by molar-refractivity contribution is 7.17. The Labute approximate surface area is 177 Å². The van der Waals surface area contributed by atoms with Crippen molar-refractivity contribution in [3.05, 3.63) is 47.3 Å². The Hall–Kier alpha value is -1.95. The predicted molar refractivity (Wildman–Crippen MR) is 124 cm³/mol. The molecule has 1 saturated heterocycles. The number of likely N-dealkylation sites (N-methyl/N-ethyl adjacent to an activating group) is 1. The summed E-state index contributed by atoms with van der Waals surface area (Å²) in [6.45, 7) is 11.4. The molecule has 0 aliphatic carbocycles. The molecule has 3 aromatic rings. The molecular weight excluding hydrogens is 378 g/mol. The number of anilines is 1. The van der Waals surface area contributed by atoms with Crippen LogP contribution in [0.15, 0.2) is 41.8 Å². The summed E-state index contributed by atoms with van der Waals surface area (Å²) in [5.41, 5.74) is 2.82. The smallest absolute Gasteiger partial charge is 0.147 e. The monoisotopic (exact) mass is 409 g/mol. The van der Waals surface area contributed by atoms with Gasteiger partial charge < -0.3 is 14.9 Å². The number of hydrogen-bond acceptors (Lipinski definition) is 5. The Morgan fingerprint density at radius 3 is 2.45 bits per heavy atom. The Morgan fingerprint density at radius 2 is 1.79 bits per heavy atom. The van der Waals surface area contributed by atoms with Crippen LogP contribution in [0, 0.1) is 0 Å². The first-order valence-electron chi connectivity index (χ1n) is 10.6. The average Bonchev–Trinajstić information content (AvgIpc) is 3.20. The summed E-state index contributed by atoms with van der Waals surface area (Å²) in [5, 5.41) is 13.4. The maximum absolute atomic E-state index is 9.96. The number of fused-ring (bicyclic) bond motifs is 1. The normalized spacial score (nSPS) is 15.9. The number of aliphatic hydroxyl groups is 1. The molecule has 0 unspecified atom stereocenters. The van der Waals surface area contributed by atoms with Gasteiger partial charge in [-0.25, -0.2) is 4.98 Å². The fourth-order valence-corrected chi connectivity index (χ4v) is 4.78. The van der Waals surface area contributed by atoms with E-state index in [1.54, 1.807) is 11.3 Å². The second-order valence-corrected chi connectivity index (χ2v) is 9.52. The minimum Gasteiger partial charge on any atom is -0.390 e. The lowest BCUT2D eigenvalue weighted by Gasteiger charge is -2.35. The molecule has 3 heterocycles. The Bertz CT molecular complexity index is 950. The van der Waals surface area contributed by atoms with Crippen LogP contribution in [-0.2, 0) is 6.42 Å². The molecule has 29 heavy (non-hydrogen) atoms. The van der Waals surface area contributed by atoms with Gasteiger partial charge in [0.2, 0.25) is 0 Å². The molecule has 5 heteroatoms. The van der Waals surface area contributed by atoms with Crippen LogP contribution in [0.4, 0.5) is 5.82 Å². The van der Waals surface area contributed by atoms with E-state index in [1.807, 2.05) is 13.8 Å². The van der Waals surface area contributed by atoms with Gasteiger partial charge in [0.1, 0.15) is 5.82 Å². The second kappa shape index (κ2) is 8.42. The summed E-state index contributed by atoms with van der Waals surface area (Å²) < 4.78 is 1.29. The number of nitrogens with zero attached hydrogens (tertiary/aromatic N) is 3. The van der Waals surface area contributed by atoms with Crippen molar-refractivity contribution in [2.24, 2.45) is 0 Å². The number of pyridine rings is 1. The average molecular weight is 410 g/mol. The zero-order valence-electron chi connectivity index (χ0n) is 17.7. The van der Waals surface area contributed by atoms with E-state index in [1.165, 1.54) is 15.6 Å². The van der Waals surface area contributed by atoms with Crippen molar-refractivity contribution in [2.45, 2.75) is 39.2 Å². The summed E-state index contributed by atoms with van der Waals surface area (Å²) >= 11 is 1.79. The summed E-state index contributed by atoms with van der Waals surface area (Å²) in [6, 6.07) is 13.1. The first-order valence-corrected chi connectivity index (χ1v) is 11.5. The fourth-order valence-electron chi connectivity index (χ4n) is 3.89. The molecule has 0 spiro atoms. The number of hydrogen-bond donors (Lipinski definition) is 1. The second-order valence-electron chi connectivity index (χ2n) is 8.60. The predicted octanol–water partition coefficient (Wildman–Crippen LogP) is 4.81. The Balaban J connectivity index is 1.60. The van der Waals surface area contributed by atoms with Crippen LogP contribution in [0.5, 0.6) is 0 Å². The zero-order valence-corrected chi connectivity index (χ0v) is 18.5. The molecule has 0 atom stereocenters. The quantitative estimate of drug-likeness (QED) is 0.634. The molecule has 1 aromatic carbocycles. The number of aromatic nitrogens is 1. The van der Waals surface area contributed by atoms with Crippen LogP contribution >= 0.6 is 11.3 Å². The Kier molecular flexibility index (Phi) is 5.91. The molecule has 1 aliphatic rings. The van der Waals surface area contributed by atoms with Crippen LogP contribution in [0.3, 0.4) is 0 Å². The molecule has 0 radical (unpaired) electrons. The molecule has 4 nitrogen and oxygen atoms in total. The molecule has 2 aromatic heterocycles. The van der Waals surface area contributed by atoms with Crippen molar-refractivity contribution < 1.29 is 5.11 Å². The summed E-state index contributed by atoms with van der Waals surface area (Å²) in [5.74, 6) is 1.13. The van der Waals surface area contributed by atoms with Crippen LogP contribution < -0.4 is 4.90 Å². The standard InChI is InChI=1S/C24H31N3OS/c1-4-26-12-14-27(15-13-26)23-22-20(10-16-29-22)17-21(25-23)19-7-5-18(6-8-19)9-11-24(2,3)28/h5-8,10,16-17,28H,4,9,11-15H2,1-3H3. The van der Waals surface area contributed by atoms with Crippen molar-refractivity contribution in [3.63, 3.8) is 0 Å². The van der Waals surface area contributed by atoms with E-state index in [4.69, 9.17) is 4.98 Å². The van der Waals surface area contributed by atoms with E-state index in [9.17, 15) is 5.11 Å². The lowest BCUT2D eigenvalue weighted by atomic mass is 9.98. The molecule has 1 aliphatic heterocycles. The molecule has 0 saturated carbocycles. The fraction of sp³-hybridized carbons (Fsp3) is 0.458. The minimum atomic E-state index is -0.624. The number of piperazine rings is 1. The topological polar surface area (TPSA) is 39.6 Å². The molecule has 154 valence electrons. The van der Waals surface area contributed by atoms with Gasteiger partial charge in [0.15, 0.2) is 0 Å². The highest BCUT2D eigenvalue weighted by Gasteiger charge is 2.20. The SMILES string of the molecule is CCN1CCN(c2nc(-c3ccc(CCC(C)(C)O)cc3)cc3ccsc23)CC1. The maximum Gasteiger partial charge on any atom is 0.147 e. The molecular formula is C24H31N3OS. The van der Waals surface area contributed by atoms with E-state index in [0.717, 1.165) is 62.6 Å². The lowest BCUT2D eigenvalue weighted by Crippen LogP contribution is -2.46. The molecule has 4 rings (SSSR count). The number of benzene rings is 1. The molecule has 1 fully saturated rings. The molecule has 0 amide bonds. The number of thiophene rings is 1. The number of aryl methyl sites for hydroxylation is 1. The minimum absolute atomic E-state index is 0.624.